The van der Waals surface area contributed by atoms with Gasteiger partial charge in [0.25, 0.3) is 6.71 Å². The van der Waals surface area contributed by atoms with Crippen molar-refractivity contribution in [1.29, 1.82) is 0 Å². The van der Waals surface area contributed by atoms with Gasteiger partial charge in [0.1, 0.15) is 0 Å². The molecule has 5 aliphatic rings. The average molecular weight is 870 g/mol. The van der Waals surface area contributed by atoms with Crippen LogP contribution in [0.4, 0.5) is 45.5 Å². The summed E-state index contributed by atoms with van der Waals surface area (Å²) in [5, 5.41) is 0. The number of benzene rings is 6. The molecular weight excluding hydrogens is 798 g/mol. The molecule has 0 aromatic heterocycles. The van der Waals surface area contributed by atoms with E-state index in [1.54, 1.807) is 0 Å². The highest BCUT2D eigenvalue weighted by molar-refractivity contribution is 7.00. The van der Waals surface area contributed by atoms with Crippen molar-refractivity contribution in [2.45, 2.75) is 167 Å². The third-order valence-electron chi connectivity index (χ3n) is 17.7. The lowest BCUT2D eigenvalue weighted by Crippen LogP contribution is -2.62. The van der Waals surface area contributed by atoms with Crippen molar-refractivity contribution < 1.29 is 0 Å². The maximum atomic E-state index is 2.83. The van der Waals surface area contributed by atoms with Gasteiger partial charge >= 0.3 is 0 Å². The first-order valence-electron chi connectivity index (χ1n) is 25.4. The van der Waals surface area contributed by atoms with Crippen LogP contribution in [-0.4, -0.2) is 12.3 Å². The third kappa shape index (κ3) is 6.35. The number of fused-ring (bicyclic) bond motifs is 8. The van der Waals surface area contributed by atoms with Gasteiger partial charge in [0.05, 0.1) is 5.54 Å². The van der Waals surface area contributed by atoms with Crippen LogP contribution in [-0.2, 0) is 27.1 Å². The Labute approximate surface area is 397 Å². The molecule has 1 saturated carbocycles. The van der Waals surface area contributed by atoms with Crippen LogP contribution in [0.2, 0.25) is 0 Å². The first kappa shape index (κ1) is 43.4. The summed E-state index contributed by atoms with van der Waals surface area (Å²) in [6, 6.07) is 48.4. The molecule has 2 unspecified atom stereocenters. The molecule has 2 atom stereocenters. The number of anilines is 8. The number of nitrogens with zero attached hydrogens (tertiary/aromatic N) is 3. The monoisotopic (exact) mass is 870 g/mol. The molecule has 1 fully saturated rings. The van der Waals surface area contributed by atoms with Crippen LogP contribution >= 0.6 is 0 Å². The maximum Gasteiger partial charge on any atom is 0.252 e. The summed E-state index contributed by atoms with van der Waals surface area (Å²) in [6.45, 7) is 29.3. The topological polar surface area (TPSA) is 9.72 Å². The van der Waals surface area contributed by atoms with E-state index < -0.39 is 0 Å². The standard InChI is InChI=1S/C62H72BN3/c1-57(2,3)41-26-29-44(30-27-41)64-52-31-28-42(58(4,5)6)36-49(52)63-50-39-47-48(60(9,10)35-34-59(47,7)8)40-53(50)65(43-22-16-15-17-23-43)55-38-45(37-54(64)56(55)63)66-51-25-19-18-24-46(51)61(11)32-20-13-14-21-33-62(61,66)12/h15-19,22-31,36-40H,13-14,20-21,32-35H2,1-12H3. The summed E-state index contributed by atoms with van der Waals surface area (Å²) in [4.78, 5) is 8.15. The molecule has 0 bridgehead atoms. The highest BCUT2D eigenvalue weighted by Crippen LogP contribution is 2.61. The normalized spacial score (nSPS) is 22.6. The van der Waals surface area contributed by atoms with Crippen LogP contribution in [0.25, 0.3) is 0 Å². The van der Waals surface area contributed by atoms with E-state index in [0.29, 0.717) is 0 Å². The minimum Gasteiger partial charge on any atom is -0.334 e. The number of para-hydroxylation sites is 2. The lowest BCUT2D eigenvalue weighted by molar-refractivity contribution is 0.218. The van der Waals surface area contributed by atoms with Crippen molar-refractivity contribution in [3.63, 3.8) is 0 Å². The Balaban J connectivity index is 1.28. The van der Waals surface area contributed by atoms with E-state index in [4.69, 9.17) is 0 Å². The van der Waals surface area contributed by atoms with E-state index in [1.165, 1.54) is 135 Å². The fraction of sp³-hybridized carbons (Fsp3) is 0.419. The summed E-state index contributed by atoms with van der Waals surface area (Å²) in [6.07, 6.45) is 9.86. The van der Waals surface area contributed by atoms with Crippen LogP contribution < -0.4 is 31.1 Å². The molecule has 0 amide bonds. The first-order valence-corrected chi connectivity index (χ1v) is 25.4. The lowest BCUT2D eigenvalue weighted by atomic mass is 9.33. The predicted octanol–water partition coefficient (Wildman–Crippen LogP) is 15.2. The molecule has 0 saturated heterocycles. The number of hydrogen-bond acceptors (Lipinski definition) is 3. The van der Waals surface area contributed by atoms with Gasteiger partial charge in [-0.3, -0.25) is 0 Å². The SMILES string of the molecule is CC(C)(C)c1ccc(N2c3ccc(C(C)(C)C)cc3B3c4cc5c(cc4N(c4ccccc4)c4cc(N6c7ccccc7C7(C)CCCCCCC67C)cc2c43)C(C)(C)CCC5(C)C)cc1. The summed E-state index contributed by atoms with van der Waals surface area (Å²) >= 11 is 0. The van der Waals surface area contributed by atoms with Crippen LogP contribution in [0, 0.1) is 0 Å². The van der Waals surface area contributed by atoms with Gasteiger partial charge in [-0.05, 0) is 153 Å². The summed E-state index contributed by atoms with van der Waals surface area (Å²) in [7, 11) is 0. The molecule has 0 radical (unpaired) electrons. The molecule has 66 heavy (non-hydrogen) atoms. The molecule has 4 heteroatoms. The lowest BCUT2D eigenvalue weighted by Gasteiger charge is -2.50. The average Bonchev–Trinajstić information content (AvgIpc) is 3.46. The van der Waals surface area contributed by atoms with Crippen molar-refractivity contribution in [2.24, 2.45) is 0 Å². The second-order valence-corrected chi connectivity index (χ2v) is 24.8. The minimum atomic E-state index is -0.107. The zero-order valence-corrected chi connectivity index (χ0v) is 42.1. The molecule has 6 aromatic carbocycles. The van der Waals surface area contributed by atoms with E-state index in [0.717, 1.165) is 6.42 Å². The molecule has 338 valence electrons. The smallest absolute Gasteiger partial charge is 0.252 e. The zero-order valence-electron chi connectivity index (χ0n) is 42.1. The van der Waals surface area contributed by atoms with E-state index >= 15 is 0 Å². The Kier molecular flexibility index (Phi) is 9.62. The van der Waals surface area contributed by atoms with Gasteiger partial charge < -0.3 is 14.7 Å². The molecule has 0 N–H and O–H groups in total. The molecule has 3 heterocycles. The Morgan fingerprint density at radius 2 is 0.970 bits per heavy atom. The van der Waals surface area contributed by atoms with Crippen LogP contribution in [0.15, 0.2) is 121 Å². The number of rotatable bonds is 3. The first-order chi connectivity index (χ1) is 31.2. The van der Waals surface area contributed by atoms with Gasteiger partial charge in [0.2, 0.25) is 0 Å². The van der Waals surface area contributed by atoms with Crippen molar-refractivity contribution in [3.8, 4) is 0 Å². The van der Waals surface area contributed by atoms with Gasteiger partial charge in [-0.2, -0.15) is 0 Å². The minimum absolute atomic E-state index is 0.0144. The quantitative estimate of drug-likeness (QED) is 0.164. The molecule has 2 aliphatic carbocycles. The highest BCUT2D eigenvalue weighted by atomic mass is 15.3. The van der Waals surface area contributed by atoms with Crippen molar-refractivity contribution >= 4 is 68.6 Å². The predicted molar refractivity (Wildman–Crippen MR) is 285 cm³/mol. The maximum absolute atomic E-state index is 2.83. The van der Waals surface area contributed by atoms with E-state index in [2.05, 4.69) is 219 Å². The molecule has 11 rings (SSSR count). The molecule has 3 nitrogen and oxygen atoms in total. The van der Waals surface area contributed by atoms with Gasteiger partial charge in [-0.15, -0.1) is 0 Å². The Hall–Kier alpha value is -5.22. The van der Waals surface area contributed by atoms with Crippen molar-refractivity contribution in [1.82, 2.24) is 0 Å². The van der Waals surface area contributed by atoms with Crippen LogP contribution in [0.3, 0.4) is 0 Å². The van der Waals surface area contributed by atoms with Crippen LogP contribution in [0.1, 0.15) is 162 Å². The number of hydrogen-bond donors (Lipinski definition) is 0. The van der Waals surface area contributed by atoms with Gasteiger partial charge in [0.15, 0.2) is 0 Å². The van der Waals surface area contributed by atoms with Crippen LogP contribution in [0.5, 0.6) is 0 Å². The van der Waals surface area contributed by atoms with Gasteiger partial charge in [0, 0.05) is 50.9 Å². The largest absolute Gasteiger partial charge is 0.334 e. The molecule has 3 aliphatic heterocycles. The van der Waals surface area contributed by atoms with E-state index in [9.17, 15) is 0 Å². The van der Waals surface area contributed by atoms with Crippen molar-refractivity contribution in [3.05, 3.63) is 149 Å². The van der Waals surface area contributed by atoms with Gasteiger partial charge in [-0.25, -0.2) is 0 Å². The van der Waals surface area contributed by atoms with E-state index in [-0.39, 0.29) is 39.3 Å². The fourth-order valence-electron chi connectivity index (χ4n) is 13.3. The second kappa shape index (κ2) is 14.6. The third-order valence-corrected chi connectivity index (χ3v) is 17.7. The summed E-state index contributed by atoms with van der Waals surface area (Å²) < 4.78 is 0. The Bertz CT molecular complexity index is 2890. The second-order valence-electron chi connectivity index (χ2n) is 24.8. The summed E-state index contributed by atoms with van der Waals surface area (Å²) in [5.41, 5.74) is 21.8. The summed E-state index contributed by atoms with van der Waals surface area (Å²) in [5.74, 6) is 0. The fourth-order valence-corrected chi connectivity index (χ4v) is 13.3. The zero-order chi connectivity index (χ0) is 46.3. The Morgan fingerprint density at radius 1 is 0.424 bits per heavy atom. The van der Waals surface area contributed by atoms with E-state index in [1.807, 2.05) is 0 Å². The molecule has 0 spiro atoms. The Morgan fingerprint density at radius 3 is 1.62 bits per heavy atom. The highest BCUT2D eigenvalue weighted by Gasteiger charge is 2.57. The van der Waals surface area contributed by atoms with Crippen molar-refractivity contribution in [2.75, 3.05) is 14.7 Å². The van der Waals surface area contributed by atoms with Gasteiger partial charge in [-0.1, -0.05) is 169 Å². The molecular formula is C62H72BN3. The molecule has 6 aromatic rings.